The van der Waals surface area contributed by atoms with Crippen LogP contribution < -0.4 is 5.32 Å². The summed E-state index contributed by atoms with van der Waals surface area (Å²) in [4.78, 5) is 2.50. The Morgan fingerprint density at radius 1 is 1.53 bits per heavy atom. The van der Waals surface area contributed by atoms with E-state index in [-0.39, 0.29) is 5.82 Å². The topological polar surface area (TPSA) is 15.3 Å². The van der Waals surface area contributed by atoms with Gasteiger partial charge in [0.2, 0.25) is 0 Å². The van der Waals surface area contributed by atoms with Crippen molar-refractivity contribution >= 4 is 15.9 Å². The summed E-state index contributed by atoms with van der Waals surface area (Å²) in [5.74, 6) is -0.190. The van der Waals surface area contributed by atoms with Gasteiger partial charge in [-0.15, -0.1) is 0 Å². The molecule has 1 aromatic rings. The van der Waals surface area contributed by atoms with Crippen LogP contribution in [0.5, 0.6) is 0 Å². The van der Waals surface area contributed by atoms with E-state index in [9.17, 15) is 4.39 Å². The molecule has 1 saturated heterocycles. The van der Waals surface area contributed by atoms with Crippen LogP contribution in [-0.4, -0.2) is 30.6 Å². The lowest BCUT2D eigenvalue weighted by Gasteiger charge is -2.38. The monoisotopic (exact) mass is 328 g/mol. The van der Waals surface area contributed by atoms with Crippen LogP contribution in [0.1, 0.15) is 38.3 Å². The zero-order chi connectivity index (χ0) is 13.8. The van der Waals surface area contributed by atoms with Gasteiger partial charge in [0.1, 0.15) is 5.82 Å². The molecule has 1 N–H and O–H groups in total. The molecule has 1 fully saturated rings. The second kappa shape index (κ2) is 6.82. The molecule has 0 amide bonds. The lowest BCUT2D eigenvalue weighted by Crippen LogP contribution is -2.46. The highest BCUT2D eigenvalue weighted by molar-refractivity contribution is 9.10. The number of nitrogens with one attached hydrogen (secondary N) is 1. The first-order valence-corrected chi connectivity index (χ1v) is 7.84. The predicted octanol–water partition coefficient (Wildman–Crippen LogP) is 3.72. The Morgan fingerprint density at radius 2 is 2.32 bits per heavy atom. The fourth-order valence-corrected chi connectivity index (χ4v) is 3.67. The van der Waals surface area contributed by atoms with E-state index < -0.39 is 0 Å². The van der Waals surface area contributed by atoms with Crippen molar-refractivity contribution in [2.75, 3.05) is 19.6 Å². The van der Waals surface area contributed by atoms with Crippen molar-refractivity contribution in [3.63, 3.8) is 0 Å². The first-order valence-electron chi connectivity index (χ1n) is 7.05. The molecule has 0 aromatic heterocycles. The van der Waals surface area contributed by atoms with E-state index in [0.717, 1.165) is 29.7 Å². The molecule has 0 aliphatic carbocycles. The molecule has 1 heterocycles. The van der Waals surface area contributed by atoms with Crippen LogP contribution in [0.3, 0.4) is 0 Å². The minimum atomic E-state index is -0.190. The number of likely N-dealkylation sites (N-methyl/N-ethyl adjacent to an activating group) is 1. The van der Waals surface area contributed by atoms with Gasteiger partial charge < -0.3 is 5.32 Å². The fraction of sp³-hybridized carbons (Fsp3) is 0.600. The summed E-state index contributed by atoms with van der Waals surface area (Å²) in [6.45, 7) is 7.59. The van der Waals surface area contributed by atoms with Crippen LogP contribution in [0.25, 0.3) is 0 Å². The number of rotatable bonds is 4. The van der Waals surface area contributed by atoms with Gasteiger partial charge in [0.25, 0.3) is 0 Å². The minimum absolute atomic E-state index is 0.190. The van der Waals surface area contributed by atoms with Gasteiger partial charge >= 0.3 is 0 Å². The Kier molecular flexibility index (Phi) is 5.37. The second-order valence-electron chi connectivity index (χ2n) is 5.17. The molecule has 106 valence electrons. The van der Waals surface area contributed by atoms with Crippen molar-refractivity contribution in [1.82, 2.24) is 10.2 Å². The molecular weight excluding hydrogens is 307 g/mol. The van der Waals surface area contributed by atoms with Gasteiger partial charge in [-0.1, -0.05) is 28.9 Å². The van der Waals surface area contributed by atoms with Gasteiger partial charge in [-0.3, -0.25) is 4.90 Å². The Morgan fingerprint density at radius 3 is 2.89 bits per heavy atom. The maximum Gasteiger partial charge on any atom is 0.124 e. The average Bonchev–Trinajstić information content (AvgIpc) is 2.40. The molecular formula is C15H22BrFN2. The smallest absolute Gasteiger partial charge is 0.124 e. The molecule has 2 atom stereocenters. The normalized spacial score (nSPS) is 21.6. The highest BCUT2D eigenvalue weighted by Crippen LogP contribution is 2.30. The zero-order valence-electron chi connectivity index (χ0n) is 11.6. The standard InChI is InChI=1S/C15H22BrFN2/c1-3-19(13-5-4-8-18-10-13)11(2)14-7-6-12(17)9-15(14)16/h6-7,9,11,13,18H,3-5,8,10H2,1-2H3. The number of hydrogen-bond donors (Lipinski definition) is 1. The molecule has 1 aliphatic heterocycles. The number of hydrogen-bond acceptors (Lipinski definition) is 2. The fourth-order valence-electron chi connectivity index (χ4n) is 2.98. The van der Waals surface area contributed by atoms with Gasteiger partial charge in [-0.05, 0) is 50.6 Å². The van der Waals surface area contributed by atoms with Crippen molar-refractivity contribution in [2.24, 2.45) is 0 Å². The summed E-state index contributed by atoms with van der Waals surface area (Å²) in [5, 5.41) is 3.47. The Balaban J connectivity index is 2.17. The number of halogens is 2. The predicted molar refractivity (Wildman–Crippen MR) is 80.8 cm³/mol. The van der Waals surface area contributed by atoms with E-state index in [1.54, 1.807) is 12.1 Å². The summed E-state index contributed by atoms with van der Waals surface area (Å²) < 4.78 is 14.1. The van der Waals surface area contributed by atoms with E-state index in [2.05, 4.69) is 40.0 Å². The summed E-state index contributed by atoms with van der Waals surface area (Å²) in [7, 11) is 0. The molecule has 0 spiro atoms. The molecule has 4 heteroatoms. The molecule has 2 nitrogen and oxygen atoms in total. The summed E-state index contributed by atoms with van der Waals surface area (Å²) in [6.07, 6.45) is 2.47. The van der Waals surface area contributed by atoms with Crippen molar-refractivity contribution < 1.29 is 4.39 Å². The number of nitrogens with zero attached hydrogens (tertiary/aromatic N) is 1. The van der Waals surface area contributed by atoms with Crippen molar-refractivity contribution in [1.29, 1.82) is 0 Å². The third-order valence-corrected chi connectivity index (χ3v) is 4.70. The van der Waals surface area contributed by atoms with Crippen LogP contribution >= 0.6 is 15.9 Å². The first kappa shape index (κ1) is 14.9. The van der Waals surface area contributed by atoms with Crippen molar-refractivity contribution in [3.05, 3.63) is 34.1 Å². The molecule has 0 saturated carbocycles. The highest BCUT2D eigenvalue weighted by Gasteiger charge is 2.25. The third kappa shape index (κ3) is 3.56. The van der Waals surface area contributed by atoms with Crippen LogP contribution in [0, 0.1) is 5.82 Å². The van der Waals surface area contributed by atoms with E-state index in [0.29, 0.717) is 12.1 Å². The molecule has 1 aliphatic rings. The van der Waals surface area contributed by atoms with E-state index in [4.69, 9.17) is 0 Å². The van der Waals surface area contributed by atoms with Crippen LogP contribution in [0.4, 0.5) is 4.39 Å². The Hall–Kier alpha value is -0.450. The number of benzene rings is 1. The molecule has 19 heavy (non-hydrogen) atoms. The quantitative estimate of drug-likeness (QED) is 0.906. The summed E-state index contributed by atoms with van der Waals surface area (Å²) >= 11 is 3.49. The van der Waals surface area contributed by atoms with E-state index in [1.165, 1.54) is 12.8 Å². The van der Waals surface area contributed by atoms with Crippen LogP contribution in [0.2, 0.25) is 0 Å². The zero-order valence-corrected chi connectivity index (χ0v) is 13.2. The Labute approximate surface area is 123 Å². The maximum absolute atomic E-state index is 13.2. The highest BCUT2D eigenvalue weighted by atomic mass is 79.9. The Bertz CT molecular complexity index is 419. The van der Waals surface area contributed by atoms with Gasteiger partial charge in [-0.25, -0.2) is 4.39 Å². The largest absolute Gasteiger partial charge is 0.315 e. The lowest BCUT2D eigenvalue weighted by molar-refractivity contribution is 0.127. The van der Waals surface area contributed by atoms with E-state index >= 15 is 0 Å². The summed E-state index contributed by atoms with van der Waals surface area (Å²) in [5.41, 5.74) is 1.16. The van der Waals surface area contributed by atoms with Crippen LogP contribution in [-0.2, 0) is 0 Å². The van der Waals surface area contributed by atoms with Gasteiger partial charge in [0.05, 0.1) is 0 Å². The van der Waals surface area contributed by atoms with Crippen LogP contribution in [0.15, 0.2) is 22.7 Å². The van der Waals surface area contributed by atoms with Crippen molar-refractivity contribution in [2.45, 2.75) is 38.8 Å². The molecule has 0 bridgehead atoms. The molecule has 2 rings (SSSR count). The van der Waals surface area contributed by atoms with Gasteiger partial charge in [0, 0.05) is 23.1 Å². The lowest BCUT2D eigenvalue weighted by atomic mass is 10.0. The average molecular weight is 329 g/mol. The SMILES string of the molecule is CCN(C1CCCNC1)C(C)c1ccc(F)cc1Br. The third-order valence-electron chi connectivity index (χ3n) is 4.02. The van der Waals surface area contributed by atoms with E-state index in [1.807, 2.05) is 6.07 Å². The van der Waals surface area contributed by atoms with Gasteiger partial charge in [0.15, 0.2) is 0 Å². The first-order chi connectivity index (χ1) is 9.13. The molecule has 0 radical (unpaired) electrons. The van der Waals surface area contributed by atoms with Crippen molar-refractivity contribution in [3.8, 4) is 0 Å². The van der Waals surface area contributed by atoms with Gasteiger partial charge in [-0.2, -0.15) is 0 Å². The summed E-state index contributed by atoms with van der Waals surface area (Å²) in [6, 6.07) is 5.86. The molecule has 1 aromatic carbocycles. The minimum Gasteiger partial charge on any atom is -0.315 e. The maximum atomic E-state index is 13.2. The number of piperidine rings is 1. The second-order valence-corrected chi connectivity index (χ2v) is 6.03. The molecule has 2 unspecified atom stereocenters.